The van der Waals surface area contributed by atoms with Crippen molar-refractivity contribution in [3.8, 4) is 0 Å². The number of hydrogen-bond donors (Lipinski definition) is 1. The van der Waals surface area contributed by atoms with Crippen molar-refractivity contribution in [3.05, 3.63) is 35.4 Å². The van der Waals surface area contributed by atoms with E-state index in [9.17, 15) is 0 Å². The van der Waals surface area contributed by atoms with Gasteiger partial charge in [-0.25, -0.2) is 0 Å². The van der Waals surface area contributed by atoms with Crippen LogP contribution < -0.4 is 0 Å². The van der Waals surface area contributed by atoms with E-state index in [1.165, 1.54) is 15.8 Å². The molecule has 1 rings (SSSR count). The van der Waals surface area contributed by atoms with Crippen molar-refractivity contribution < 1.29 is 5.11 Å². The second-order valence-corrected chi connectivity index (χ2v) is 2.99. The number of aliphatic hydroxyl groups excluding tert-OH is 1. The largest absolute Gasteiger partial charge is 0.392 e. The van der Waals surface area contributed by atoms with Crippen LogP contribution in [-0.4, -0.2) is 15.3 Å². The number of benzene rings is 1. The Balaban J connectivity index is 2.96. The third-order valence-electron chi connectivity index (χ3n) is 1.67. The normalized spacial score (nSPS) is 10.1. The minimum absolute atomic E-state index is 0.179. The standard InChI is InChI=1S/C8H12OSi/c9-5-7-3-1-2-4-8(7)6-10/h1-4,9H,5-6H2,10H3. The van der Waals surface area contributed by atoms with Crippen LogP contribution in [-0.2, 0) is 12.7 Å². The molecule has 0 aliphatic carbocycles. The van der Waals surface area contributed by atoms with E-state index in [1.54, 1.807) is 0 Å². The molecule has 54 valence electrons. The first-order chi connectivity index (χ1) is 4.88. The lowest BCUT2D eigenvalue weighted by Crippen LogP contribution is -1.92. The molecular formula is C8H12OSi. The maximum absolute atomic E-state index is 8.86. The van der Waals surface area contributed by atoms with Gasteiger partial charge < -0.3 is 5.11 Å². The van der Waals surface area contributed by atoms with Crippen molar-refractivity contribution in [2.24, 2.45) is 0 Å². The van der Waals surface area contributed by atoms with Gasteiger partial charge in [0, 0.05) is 10.2 Å². The summed E-state index contributed by atoms with van der Waals surface area (Å²) in [6.07, 6.45) is 0. The molecule has 10 heavy (non-hydrogen) atoms. The highest BCUT2D eigenvalue weighted by Crippen LogP contribution is 2.07. The van der Waals surface area contributed by atoms with Gasteiger partial charge in [-0.15, -0.1) is 0 Å². The van der Waals surface area contributed by atoms with Gasteiger partial charge in [0.2, 0.25) is 0 Å². The van der Waals surface area contributed by atoms with E-state index in [0.717, 1.165) is 11.6 Å². The van der Waals surface area contributed by atoms with Crippen molar-refractivity contribution >= 4 is 10.2 Å². The molecule has 0 aromatic heterocycles. The van der Waals surface area contributed by atoms with E-state index in [0.29, 0.717) is 0 Å². The highest BCUT2D eigenvalue weighted by molar-refractivity contribution is 6.08. The zero-order valence-electron chi connectivity index (χ0n) is 6.17. The molecule has 0 aliphatic rings. The summed E-state index contributed by atoms with van der Waals surface area (Å²) in [5.74, 6) is 0. The Bertz CT molecular complexity index is 187. The quantitative estimate of drug-likeness (QED) is 0.593. The topological polar surface area (TPSA) is 20.2 Å². The molecule has 0 fully saturated rings. The van der Waals surface area contributed by atoms with Gasteiger partial charge in [0.15, 0.2) is 0 Å². The molecule has 0 atom stereocenters. The van der Waals surface area contributed by atoms with Gasteiger partial charge in [-0.2, -0.15) is 0 Å². The maximum Gasteiger partial charge on any atom is 0.0684 e. The lowest BCUT2D eigenvalue weighted by Gasteiger charge is -2.01. The van der Waals surface area contributed by atoms with Gasteiger partial charge >= 0.3 is 0 Å². The summed E-state index contributed by atoms with van der Waals surface area (Å²) in [6.45, 7) is 0.179. The fourth-order valence-electron chi connectivity index (χ4n) is 1.06. The molecule has 1 N–H and O–H groups in total. The molecule has 0 heterocycles. The van der Waals surface area contributed by atoms with Crippen molar-refractivity contribution in [3.63, 3.8) is 0 Å². The molecule has 1 nitrogen and oxygen atoms in total. The Hall–Kier alpha value is -0.603. The van der Waals surface area contributed by atoms with Gasteiger partial charge in [-0.05, 0) is 17.2 Å². The SMILES string of the molecule is OCc1ccccc1C[SiH3]. The minimum atomic E-state index is 0.179. The second-order valence-electron chi connectivity index (χ2n) is 2.28. The van der Waals surface area contributed by atoms with Crippen LogP contribution in [0.4, 0.5) is 0 Å². The first kappa shape index (κ1) is 7.50. The molecule has 0 unspecified atom stereocenters. The molecule has 0 aliphatic heterocycles. The highest BCUT2D eigenvalue weighted by Gasteiger charge is 1.94. The summed E-state index contributed by atoms with van der Waals surface area (Å²) in [5, 5.41) is 8.86. The van der Waals surface area contributed by atoms with Gasteiger partial charge in [0.1, 0.15) is 0 Å². The molecule has 0 amide bonds. The van der Waals surface area contributed by atoms with Crippen LogP contribution in [0.1, 0.15) is 11.1 Å². The van der Waals surface area contributed by atoms with E-state index in [-0.39, 0.29) is 6.61 Å². The lowest BCUT2D eigenvalue weighted by atomic mass is 10.1. The molecule has 1 aromatic carbocycles. The monoisotopic (exact) mass is 152 g/mol. The lowest BCUT2D eigenvalue weighted by molar-refractivity contribution is 0.281. The van der Waals surface area contributed by atoms with Crippen LogP contribution in [0.5, 0.6) is 0 Å². The molecular weight excluding hydrogens is 140 g/mol. The van der Waals surface area contributed by atoms with Crippen molar-refractivity contribution in [2.75, 3.05) is 0 Å². The van der Waals surface area contributed by atoms with Crippen LogP contribution >= 0.6 is 0 Å². The molecule has 0 radical (unpaired) electrons. The Labute approximate surface area is 64.1 Å². The van der Waals surface area contributed by atoms with E-state index in [2.05, 4.69) is 6.07 Å². The van der Waals surface area contributed by atoms with Crippen molar-refractivity contribution in [1.82, 2.24) is 0 Å². The first-order valence-electron chi connectivity index (χ1n) is 3.56. The second kappa shape index (κ2) is 3.54. The minimum Gasteiger partial charge on any atom is -0.392 e. The molecule has 0 saturated carbocycles. The Kier molecular flexibility index (Phi) is 2.65. The molecule has 0 saturated heterocycles. The highest BCUT2D eigenvalue weighted by atomic mass is 28.1. The molecule has 0 bridgehead atoms. The first-order valence-corrected chi connectivity index (χ1v) is 4.97. The summed E-state index contributed by atoms with van der Waals surface area (Å²) in [5.41, 5.74) is 2.38. The summed E-state index contributed by atoms with van der Waals surface area (Å²) in [7, 11) is 1.17. The van der Waals surface area contributed by atoms with Crippen LogP contribution in [0.25, 0.3) is 0 Å². The van der Waals surface area contributed by atoms with Gasteiger partial charge in [0.05, 0.1) is 6.61 Å². The Morgan fingerprint density at radius 1 is 1.20 bits per heavy atom. The van der Waals surface area contributed by atoms with Gasteiger partial charge in [-0.1, -0.05) is 24.3 Å². The van der Waals surface area contributed by atoms with Crippen molar-refractivity contribution in [1.29, 1.82) is 0 Å². The van der Waals surface area contributed by atoms with Crippen LogP contribution in [0.15, 0.2) is 24.3 Å². The third-order valence-corrected chi connectivity index (χ3v) is 2.43. The Morgan fingerprint density at radius 3 is 2.20 bits per heavy atom. The van der Waals surface area contributed by atoms with E-state index >= 15 is 0 Å². The number of aliphatic hydroxyl groups is 1. The molecule has 2 heteroatoms. The number of hydrogen-bond acceptors (Lipinski definition) is 1. The average Bonchev–Trinajstić information content (AvgIpc) is 2.04. The fraction of sp³-hybridized carbons (Fsp3) is 0.250. The smallest absolute Gasteiger partial charge is 0.0684 e. The van der Waals surface area contributed by atoms with Gasteiger partial charge in [0.25, 0.3) is 0 Å². The summed E-state index contributed by atoms with van der Waals surface area (Å²) < 4.78 is 0. The van der Waals surface area contributed by atoms with Crippen molar-refractivity contribution in [2.45, 2.75) is 12.7 Å². The molecule has 1 aromatic rings. The summed E-state index contributed by atoms with van der Waals surface area (Å²) >= 11 is 0. The predicted octanol–water partition coefficient (Wildman–Crippen LogP) is 0.0443. The van der Waals surface area contributed by atoms with E-state index in [1.807, 2.05) is 18.2 Å². The fourth-order valence-corrected chi connectivity index (χ4v) is 1.75. The van der Waals surface area contributed by atoms with Gasteiger partial charge in [-0.3, -0.25) is 0 Å². The number of rotatable bonds is 2. The van der Waals surface area contributed by atoms with E-state index < -0.39 is 0 Å². The zero-order chi connectivity index (χ0) is 7.40. The van der Waals surface area contributed by atoms with Crippen LogP contribution in [0.3, 0.4) is 0 Å². The zero-order valence-corrected chi connectivity index (χ0v) is 8.17. The van der Waals surface area contributed by atoms with Crippen LogP contribution in [0.2, 0.25) is 0 Å². The molecule has 0 spiro atoms. The van der Waals surface area contributed by atoms with Crippen LogP contribution in [0, 0.1) is 0 Å². The Morgan fingerprint density at radius 2 is 1.80 bits per heavy atom. The average molecular weight is 152 g/mol. The summed E-state index contributed by atoms with van der Waals surface area (Å²) in [4.78, 5) is 0. The summed E-state index contributed by atoms with van der Waals surface area (Å²) in [6, 6.07) is 9.18. The maximum atomic E-state index is 8.86. The van der Waals surface area contributed by atoms with E-state index in [4.69, 9.17) is 5.11 Å². The predicted molar refractivity (Wildman–Crippen MR) is 46.0 cm³/mol. The third kappa shape index (κ3) is 1.46.